The van der Waals surface area contributed by atoms with Crippen LogP contribution in [-0.4, -0.2) is 46.5 Å². The summed E-state index contributed by atoms with van der Waals surface area (Å²) in [6.07, 6.45) is 6.93. The highest BCUT2D eigenvalue weighted by molar-refractivity contribution is 5.92. The Labute approximate surface area is 210 Å². The fourth-order valence-corrected chi connectivity index (χ4v) is 4.79. The van der Waals surface area contributed by atoms with Gasteiger partial charge >= 0.3 is 6.09 Å². The lowest BCUT2D eigenvalue weighted by molar-refractivity contribution is -0.143. The quantitative estimate of drug-likeness (QED) is 0.509. The molecule has 2 N–H and O–H groups in total. The number of alkyl carbamates (subject to hydrolysis) is 1. The molecule has 2 unspecified atom stereocenters. The zero-order valence-electron chi connectivity index (χ0n) is 22.0. The Morgan fingerprint density at radius 3 is 2.17 bits per heavy atom. The third kappa shape index (κ3) is 8.25. The van der Waals surface area contributed by atoms with Crippen LogP contribution in [0, 0.1) is 5.92 Å². The summed E-state index contributed by atoms with van der Waals surface area (Å²) in [5, 5.41) is 6.05. The summed E-state index contributed by atoms with van der Waals surface area (Å²) in [6.45, 7) is 9.42. The number of hydrogen-bond acceptors (Lipinski definition) is 4. The third-order valence-electron chi connectivity index (χ3n) is 6.48. The van der Waals surface area contributed by atoms with E-state index in [-0.39, 0.29) is 29.8 Å². The summed E-state index contributed by atoms with van der Waals surface area (Å²) >= 11 is 0. The molecule has 0 spiro atoms. The Morgan fingerprint density at radius 1 is 1.00 bits per heavy atom. The van der Waals surface area contributed by atoms with Crippen molar-refractivity contribution in [3.63, 3.8) is 0 Å². The second-order valence-corrected chi connectivity index (χ2v) is 11.5. The number of carbonyl (C=O) groups is 3. The van der Waals surface area contributed by atoms with Gasteiger partial charge in [-0.25, -0.2) is 4.79 Å². The van der Waals surface area contributed by atoms with Crippen molar-refractivity contribution in [1.82, 2.24) is 15.5 Å². The van der Waals surface area contributed by atoms with Crippen molar-refractivity contribution < 1.29 is 19.1 Å². The first-order chi connectivity index (χ1) is 16.5. The largest absolute Gasteiger partial charge is 0.444 e. The number of nitrogens with zero attached hydrogens (tertiary/aromatic N) is 1. The summed E-state index contributed by atoms with van der Waals surface area (Å²) in [7, 11) is 0. The first-order valence-electron chi connectivity index (χ1n) is 13.2. The molecule has 0 bridgehead atoms. The van der Waals surface area contributed by atoms with Gasteiger partial charge in [0.1, 0.15) is 17.7 Å². The minimum Gasteiger partial charge on any atom is -0.444 e. The van der Waals surface area contributed by atoms with Crippen molar-refractivity contribution in [3.8, 4) is 0 Å². The van der Waals surface area contributed by atoms with Crippen LogP contribution >= 0.6 is 0 Å². The second-order valence-electron chi connectivity index (χ2n) is 11.5. The van der Waals surface area contributed by atoms with Crippen molar-refractivity contribution in [1.29, 1.82) is 0 Å². The van der Waals surface area contributed by atoms with Gasteiger partial charge in [0.15, 0.2) is 0 Å². The third-order valence-corrected chi connectivity index (χ3v) is 6.48. The maximum Gasteiger partial charge on any atom is 0.408 e. The summed E-state index contributed by atoms with van der Waals surface area (Å²) in [4.78, 5) is 42.1. The van der Waals surface area contributed by atoms with E-state index in [2.05, 4.69) is 10.6 Å². The van der Waals surface area contributed by atoms with E-state index in [1.165, 1.54) is 6.42 Å². The van der Waals surface area contributed by atoms with Gasteiger partial charge in [0.2, 0.25) is 11.8 Å². The average molecular weight is 486 g/mol. The molecule has 2 atom stereocenters. The standard InChI is InChI=1S/C28H43N3O4/c1-19(2)18-23(30-27(34)35-28(3,4)5)26(33)31(22-16-17-22)24(20-12-8-6-9-13-20)25(32)29-21-14-10-7-11-15-21/h6,8-9,12-13,19,21-24H,7,10-11,14-18H2,1-5H3,(H,29,32)(H,30,34). The Hall–Kier alpha value is -2.57. The van der Waals surface area contributed by atoms with Crippen molar-refractivity contribution in [2.24, 2.45) is 5.92 Å². The lowest BCUT2D eigenvalue weighted by Crippen LogP contribution is -2.54. The molecule has 1 aromatic carbocycles. The first-order valence-corrected chi connectivity index (χ1v) is 13.2. The number of amides is 3. The van der Waals surface area contributed by atoms with Gasteiger partial charge in [-0.15, -0.1) is 0 Å². The maximum absolute atomic E-state index is 14.0. The van der Waals surface area contributed by atoms with E-state index in [4.69, 9.17) is 4.74 Å². The molecular formula is C28H43N3O4. The van der Waals surface area contributed by atoms with Gasteiger partial charge in [-0.1, -0.05) is 63.4 Å². The monoisotopic (exact) mass is 485 g/mol. The molecular weight excluding hydrogens is 442 g/mol. The van der Waals surface area contributed by atoms with E-state index in [1.807, 2.05) is 44.2 Å². The summed E-state index contributed by atoms with van der Waals surface area (Å²) in [5.74, 6) is -0.185. The molecule has 0 aromatic heterocycles. The van der Waals surface area contributed by atoms with Crippen molar-refractivity contribution in [3.05, 3.63) is 35.9 Å². The van der Waals surface area contributed by atoms with Gasteiger partial charge in [0.05, 0.1) is 0 Å². The molecule has 194 valence electrons. The van der Waals surface area contributed by atoms with Gasteiger partial charge in [-0.3, -0.25) is 9.59 Å². The van der Waals surface area contributed by atoms with Gasteiger partial charge in [-0.05, 0) is 64.4 Å². The van der Waals surface area contributed by atoms with Gasteiger partial charge in [-0.2, -0.15) is 0 Å². The highest BCUT2D eigenvalue weighted by atomic mass is 16.6. The van der Waals surface area contributed by atoms with Crippen LogP contribution in [0.4, 0.5) is 4.79 Å². The van der Waals surface area contributed by atoms with Crippen LogP contribution in [0.5, 0.6) is 0 Å². The van der Waals surface area contributed by atoms with Crippen LogP contribution < -0.4 is 10.6 Å². The van der Waals surface area contributed by atoms with Crippen molar-refractivity contribution in [2.45, 2.75) is 116 Å². The van der Waals surface area contributed by atoms with E-state index >= 15 is 0 Å². The second kappa shape index (κ2) is 11.9. The Bertz CT molecular complexity index is 855. The molecule has 3 rings (SSSR count). The minimum atomic E-state index is -0.765. The highest BCUT2D eigenvalue weighted by Crippen LogP contribution is 2.36. The molecule has 35 heavy (non-hydrogen) atoms. The molecule has 2 aliphatic rings. The molecule has 2 saturated carbocycles. The van der Waals surface area contributed by atoms with Gasteiger partial charge in [0.25, 0.3) is 0 Å². The number of nitrogens with one attached hydrogen (secondary N) is 2. The number of hydrogen-bond donors (Lipinski definition) is 2. The molecule has 3 amide bonds. The highest BCUT2D eigenvalue weighted by Gasteiger charge is 2.44. The predicted octanol–water partition coefficient (Wildman–Crippen LogP) is 5.11. The zero-order chi connectivity index (χ0) is 25.6. The molecule has 7 nitrogen and oxygen atoms in total. The molecule has 7 heteroatoms. The Balaban J connectivity index is 1.89. The van der Waals surface area contributed by atoms with E-state index in [9.17, 15) is 14.4 Å². The topological polar surface area (TPSA) is 87.7 Å². The van der Waals surface area contributed by atoms with E-state index < -0.39 is 23.8 Å². The summed E-state index contributed by atoms with van der Waals surface area (Å²) in [6, 6.07) is 8.16. The lowest BCUT2D eigenvalue weighted by Gasteiger charge is -2.36. The zero-order valence-corrected chi connectivity index (χ0v) is 22.0. The SMILES string of the molecule is CC(C)CC(NC(=O)OC(C)(C)C)C(=O)N(C1CC1)C(C(=O)NC1CCCCC1)c1ccccc1. The van der Waals surface area contributed by atoms with Crippen LogP contribution in [0.3, 0.4) is 0 Å². The maximum atomic E-state index is 14.0. The number of rotatable bonds is 9. The first kappa shape index (κ1) is 27.0. The summed E-state index contributed by atoms with van der Waals surface area (Å²) < 4.78 is 5.45. The van der Waals surface area contributed by atoms with Crippen LogP contribution in [0.2, 0.25) is 0 Å². The van der Waals surface area contributed by atoms with Crippen LogP contribution in [-0.2, 0) is 14.3 Å². The van der Waals surface area contributed by atoms with Crippen molar-refractivity contribution in [2.75, 3.05) is 0 Å². The normalized spacial score (nSPS) is 18.5. The number of carbonyl (C=O) groups excluding carboxylic acids is 3. The Kier molecular flexibility index (Phi) is 9.20. The minimum absolute atomic E-state index is 0.0140. The molecule has 0 heterocycles. The molecule has 2 fully saturated rings. The fraction of sp³-hybridized carbons (Fsp3) is 0.679. The van der Waals surface area contributed by atoms with E-state index in [0.717, 1.165) is 44.1 Å². The lowest BCUT2D eigenvalue weighted by atomic mass is 9.94. The molecule has 0 aliphatic heterocycles. The molecule has 0 saturated heterocycles. The molecule has 1 aromatic rings. The average Bonchev–Trinajstić information content (AvgIpc) is 3.61. The predicted molar refractivity (Wildman–Crippen MR) is 137 cm³/mol. The van der Waals surface area contributed by atoms with Crippen LogP contribution in [0.1, 0.15) is 97.6 Å². The van der Waals surface area contributed by atoms with E-state index in [0.29, 0.717) is 6.42 Å². The van der Waals surface area contributed by atoms with Crippen molar-refractivity contribution >= 4 is 17.9 Å². The smallest absolute Gasteiger partial charge is 0.408 e. The number of benzene rings is 1. The van der Waals surface area contributed by atoms with Gasteiger partial charge < -0.3 is 20.3 Å². The van der Waals surface area contributed by atoms with Crippen LogP contribution in [0.15, 0.2) is 30.3 Å². The summed E-state index contributed by atoms with van der Waals surface area (Å²) in [5.41, 5.74) is 0.125. The molecule has 0 radical (unpaired) electrons. The fourth-order valence-electron chi connectivity index (χ4n) is 4.79. The van der Waals surface area contributed by atoms with Gasteiger partial charge in [0, 0.05) is 12.1 Å². The van der Waals surface area contributed by atoms with Crippen LogP contribution in [0.25, 0.3) is 0 Å². The van der Waals surface area contributed by atoms with E-state index in [1.54, 1.807) is 25.7 Å². The Morgan fingerprint density at radius 2 is 1.63 bits per heavy atom. The number of ether oxygens (including phenoxy) is 1. The molecule has 2 aliphatic carbocycles.